The second-order valence-electron chi connectivity index (χ2n) is 5.09. The Morgan fingerprint density at radius 1 is 1.42 bits per heavy atom. The summed E-state index contributed by atoms with van der Waals surface area (Å²) in [6, 6.07) is 4.45. The average Bonchev–Trinajstić information content (AvgIpc) is 2.26. The van der Waals surface area contributed by atoms with Crippen molar-refractivity contribution in [1.82, 2.24) is 0 Å². The summed E-state index contributed by atoms with van der Waals surface area (Å²) in [7, 11) is 0. The maximum atomic E-state index is 12.7. The Labute approximate surface area is 110 Å². The molecule has 0 saturated carbocycles. The molecule has 0 aromatic heterocycles. The lowest BCUT2D eigenvalue weighted by Crippen LogP contribution is -2.50. The summed E-state index contributed by atoms with van der Waals surface area (Å²) in [5, 5.41) is 0. The highest BCUT2D eigenvalue weighted by atomic mass is 19.4. The number of benzene rings is 1. The number of nitrogens with zero attached hydrogens (tertiary/aromatic N) is 1. The van der Waals surface area contributed by atoms with Crippen LogP contribution in [0.15, 0.2) is 18.2 Å². The molecule has 1 aliphatic rings. The van der Waals surface area contributed by atoms with Crippen molar-refractivity contribution in [2.45, 2.75) is 26.1 Å². The van der Waals surface area contributed by atoms with Gasteiger partial charge in [-0.2, -0.15) is 13.2 Å². The lowest BCUT2D eigenvalue weighted by Gasteiger charge is -2.41. The van der Waals surface area contributed by atoms with Crippen molar-refractivity contribution in [1.29, 1.82) is 0 Å². The normalized spacial score (nSPS) is 19.3. The molecule has 0 amide bonds. The monoisotopic (exact) mass is 274 g/mol. The summed E-state index contributed by atoms with van der Waals surface area (Å²) in [4.78, 5) is 1.36. The highest BCUT2D eigenvalue weighted by molar-refractivity contribution is 5.65. The zero-order valence-corrected chi connectivity index (χ0v) is 10.9. The minimum absolute atomic E-state index is 0.0630. The molecule has 2 rings (SSSR count). The number of hydrogen-bond acceptors (Lipinski definition) is 3. The third kappa shape index (κ3) is 3.05. The molecule has 0 spiro atoms. The number of anilines is 2. The number of ether oxygens (including phenoxy) is 1. The SMILES string of the molecule is CC(C)[C@@H]1COc2cc(N)ccc2N1CC(F)(F)F. The lowest BCUT2D eigenvalue weighted by atomic mass is 10.0. The van der Waals surface area contributed by atoms with E-state index < -0.39 is 12.7 Å². The van der Waals surface area contributed by atoms with E-state index in [2.05, 4.69) is 0 Å². The quantitative estimate of drug-likeness (QED) is 0.842. The molecular formula is C13H17F3N2O. The minimum Gasteiger partial charge on any atom is -0.489 e. The zero-order valence-electron chi connectivity index (χ0n) is 10.9. The van der Waals surface area contributed by atoms with Crippen molar-refractivity contribution in [2.75, 3.05) is 23.8 Å². The maximum absolute atomic E-state index is 12.7. The van der Waals surface area contributed by atoms with Gasteiger partial charge in [0.1, 0.15) is 18.9 Å². The molecule has 2 N–H and O–H groups in total. The number of nitrogens with two attached hydrogens (primary N) is 1. The Hall–Kier alpha value is -1.59. The van der Waals surface area contributed by atoms with E-state index in [4.69, 9.17) is 10.5 Å². The number of halogens is 3. The van der Waals surface area contributed by atoms with Crippen LogP contribution in [0.3, 0.4) is 0 Å². The van der Waals surface area contributed by atoms with E-state index in [1.54, 1.807) is 18.2 Å². The summed E-state index contributed by atoms with van der Waals surface area (Å²) in [5.74, 6) is 0.481. The molecule has 0 saturated heterocycles. The molecule has 0 aliphatic carbocycles. The molecule has 1 aromatic carbocycles. The van der Waals surface area contributed by atoms with Crippen LogP contribution in [0.25, 0.3) is 0 Å². The Balaban J connectivity index is 2.38. The van der Waals surface area contributed by atoms with Gasteiger partial charge in [0.2, 0.25) is 0 Å². The van der Waals surface area contributed by atoms with Crippen LogP contribution >= 0.6 is 0 Å². The summed E-state index contributed by atoms with van der Waals surface area (Å²) in [6.45, 7) is 3.04. The van der Waals surface area contributed by atoms with Crippen LogP contribution in [0.5, 0.6) is 5.75 Å². The first-order valence-corrected chi connectivity index (χ1v) is 6.13. The van der Waals surface area contributed by atoms with Gasteiger partial charge in [0.05, 0.1) is 11.7 Å². The minimum atomic E-state index is -4.25. The Kier molecular flexibility index (Phi) is 3.52. The maximum Gasteiger partial charge on any atom is 0.405 e. The molecule has 0 bridgehead atoms. The Bertz CT molecular complexity index is 460. The van der Waals surface area contributed by atoms with Gasteiger partial charge in [-0.15, -0.1) is 0 Å². The fourth-order valence-corrected chi connectivity index (χ4v) is 2.28. The van der Waals surface area contributed by atoms with E-state index in [9.17, 15) is 13.2 Å². The van der Waals surface area contributed by atoms with E-state index in [-0.39, 0.29) is 18.6 Å². The second-order valence-corrected chi connectivity index (χ2v) is 5.09. The van der Waals surface area contributed by atoms with E-state index in [0.717, 1.165) is 0 Å². The van der Waals surface area contributed by atoms with Gasteiger partial charge in [-0.3, -0.25) is 0 Å². The highest BCUT2D eigenvalue weighted by Crippen LogP contribution is 2.38. The van der Waals surface area contributed by atoms with Gasteiger partial charge in [-0.1, -0.05) is 13.8 Å². The van der Waals surface area contributed by atoms with E-state index in [1.165, 1.54) is 4.90 Å². The van der Waals surface area contributed by atoms with Crippen LogP contribution in [0.2, 0.25) is 0 Å². The molecular weight excluding hydrogens is 257 g/mol. The van der Waals surface area contributed by atoms with Gasteiger partial charge >= 0.3 is 6.18 Å². The molecule has 106 valence electrons. The van der Waals surface area contributed by atoms with E-state index >= 15 is 0 Å². The topological polar surface area (TPSA) is 38.5 Å². The van der Waals surface area contributed by atoms with E-state index in [0.29, 0.717) is 17.1 Å². The number of fused-ring (bicyclic) bond motifs is 1. The second kappa shape index (κ2) is 4.83. The standard InChI is InChI=1S/C13H17F3N2O/c1-8(2)11-6-19-12-5-9(17)3-4-10(12)18(11)7-13(14,15)16/h3-5,8,11H,6-7,17H2,1-2H3/t11-/m0/s1. The lowest BCUT2D eigenvalue weighted by molar-refractivity contribution is -0.121. The number of hydrogen-bond donors (Lipinski definition) is 1. The number of rotatable bonds is 2. The summed E-state index contributed by atoms with van der Waals surface area (Å²) in [5.41, 5.74) is 6.56. The molecule has 6 heteroatoms. The molecule has 0 radical (unpaired) electrons. The van der Waals surface area contributed by atoms with Gasteiger partial charge in [-0.05, 0) is 18.1 Å². The fraction of sp³-hybridized carbons (Fsp3) is 0.538. The average molecular weight is 274 g/mol. The zero-order chi connectivity index (χ0) is 14.2. The van der Waals surface area contributed by atoms with Crippen molar-refractivity contribution >= 4 is 11.4 Å². The molecule has 0 unspecified atom stereocenters. The van der Waals surface area contributed by atoms with Crippen molar-refractivity contribution in [3.63, 3.8) is 0 Å². The number of alkyl halides is 3. The fourth-order valence-electron chi connectivity index (χ4n) is 2.28. The highest BCUT2D eigenvalue weighted by Gasteiger charge is 2.38. The van der Waals surface area contributed by atoms with Crippen LogP contribution in [0, 0.1) is 5.92 Å². The van der Waals surface area contributed by atoms with Crippen molar-refractivity contribution in [2.24, 2.45) is 5.92 Å². The Morgan fingerprint density at radius 2 is 2.11 bits per heavy atom. The van der Waals surface area contributed by atoms with Crippen molar-refractivity contribution < 1.29 is 17.9 Å². The molecule has 1 atom stereocenters. The third-order valence-electron chi connectivity index (χ3n) is 3.22. The molecule has 0 fully saturated rings. The smallest absolute Gasteiger partial charge is 0.405 e. The first kappa shape index (κ1) is 13.8. The van der Waals surface area contributed by atoms with Crippen molar-refractivity contribution in [3.8, 4) is 5.75 Å². The largest absolute Gasteiger partial charge is 0.489 e. The van der Waals surface area contributed by atoms with Gasteiger partial charge in [0.25, 0.3) is 0 Å². The van der Waals surface area contributed by atoms with Crippen LogP contribution in [-0.2, 0) is 0 Å². The number of nitrogen functional groups attached to an aromatic ring is 1. The Morgan fingerprint density at radius 3 is 2.68 bits per heavy atom. The molecule has 1 aromatic rings. The van der Waals surface area contributed by atoms with Crippen LogP contribution < -0.4 is 15.4 Å². The van der Waals surface area contributed by atoms with Crippen molar-refractivity contribution in [3.05, 3.63) is 18.2 Å². The van der Waals surface area contributed by atoms with Gasteiger partial charge < -0.3 is 15.4 Å². The van der Waals surface area contributed by atoms with E-state index in [1.807, 2.05) is 13.8 Å². The summed E-state index contributed by atoms with van der Waals surface area (Å²) in [6.07, 6.45) is -4.25. The molecule has 1 aliphatic heterocycles. The van der Waals surface area contributed by atoms with Crippen LogP contribution in [0.4, 0.5) is 24.5 Å². The predicted molar refractivity (Wildman–Crippen MR) is 68.4 cm³/mol. The first-order valence-electron chi connectivity index (χ1n) is 6.13. The predicted octanol–water partition coefficient (Wildman–Crippen LogP) is 3.05. The van der Waals surface area contributed by atoms with Gasteiger partial charge in [0.15, 0.2) is 0 Å². The van der Waals surface area contributed by atoms with Gasteiger partial charge in [0, 0.05) is 11.8 Å². The third-order valence-corrected chi connectivity index (χ3v) is 3.22. The summed E-state index contributed by atoms with van der Waals surface area (Å²) >= 11 is 0. The molecule has 3 nitrogen and oxygen atoms in total. The first-order chi connectivity index (χ1) is 8.78. The van der Waals surface area contributed by atoms with Crippen LogP contribution in [0.1, 0.15) is 13.8 Å². The molecule has 19 heavy (non-hydrogen) atoms. The molecule has 1 heterocycles. The van der Waals surface area contributed by atoms with Gasteiger partial charge in [-0.25, -0.2) is 0 Å². The van der Waals surface area contributed by atoms with Crippen LogP contribution in [-0.4, -0.2) is 25.4 Å². The summed E-state index contributed by atoms with van der Waals surface area (Å²) < 4.78 is 43.8.